The largest absolute Gasteiger partial charge is 0.383 e. The number of carbonyl (C=O) groups is 1. The van der Waals surface area contributed by atoms with Crippen molar-refractivity contribution in [2.75, 3.05) is 13.7 Å². The van der Waals surface area contributed by atoms with Crippen LogP contribution in [0.15, 0.2) is 0 Å². The van der Waals surface area contributed by atoms with Gasteiger partial charge in [0.05, 0.1) is 18.7 Å². The Morgan fingerprint density at radius 2 is 2.60 bits per heavy atom. The monoisotopic (exact) mass is 144 g/mol. The molecule has 0 bridgehead atoms. The number of nitrogens with one attached hydrogen (secondary N) is 1. The molecule has 0 aromatic carbocycles. The molecule has 0 aromatic heterocycles. The first-order valence-corrected chi connectivity index (χ1v) is 3.29. The van der Waals surface area contributed by atoms with Gasteiger partial charge < -0.3 is 15.8 Å². The Bertz CT molecular complexity index is 138. The molecule has 10 heavy (non-hydrogen) atoms. The second-order valence-electron chi connectivity index (χ2n) is 2.50. The fourth-order valence-corrected chi connectivity index (χ4v) is 1.09. The minimum Gasteiger partial charge on any atom is -0.383 e. The zero-order chi connectivity index (χ0) is 7.56. The summed E-state index contributed by atoms with van der Waals surface area (Å²) >= 11 is 0. The average Bonchev–Trinajstić information content (AvgIpc) is 2.14. The number of hydrogen-bond acceptors (Lipinski definition) is 3. The van der Waals surface area contributed by atoms with Crippen molar-refractivity contribution in [2.24, 2.45) is 5.73 Å². The van der Waals surface area contributed by atoms with Crippen LogP contribution in [0.2, 0.25) is 0 Å². The smallest absolute Gasteiger partial charge is 0.237 e. The van der Waals surface area contributed by atoms with Crippen LogP contribution in [-0.4, -0.2) is 31.7 Å². The Morgan fingerprint density at radius 3 is 3.00 bits per heavy atom. The summed E-state index contributed by atoms with van der Waals surface area (Å²) in [5, 5.41) is 2.72. The first-order valence-electron chi connectivity index (χ1n) is 3.29. The zero-order valence-electron chi connectivity index (χ0n) is 5.96. The van der Waals surface area contributed by atoms with Crippen LogP contribution in [0.1, 0.15) is 6.42 Å². The van der Waals surface area contributed by atoms with E-state index in [9.17, 15) is 4.79 Å². The van der Waals surface area contributed by atoms with E-state index in [1.54, 1.807) is 7.11 Å². The van der Waals surface area contributed by atoms with Crippen LogP contribution in [0.3, 0.4) is 0 Å². The minimum absolute atomic E-state index is 0.0675. The van der Waals surface area contributed by atoms with E-state index in [0.717, 1.165) is 0 Å². The van der Waals surface area contributed by atoms with Gasteiger partial charge >= 0.3 is 0 Å². The van der Waals surface area contributed by atoms with Gasteiger partial charge in [-0.2, -0.15) is 0 Å². The Labute approximate surface area is 59.7 Å². The molecule has 0 aliphatic carbocycles. The zero-order valence-corrected chi connectivity index (χ0v) is 5.96. The Hall–Kier alpha value is -0.610. The SMILES string of the molecule is COC[C@@H]1C[C@H](N)C(=O)N1. The number of methoxy groups -OCH3 is 1. The summed E-state index contributed by atoms with van der Waals surface area (Å²) in [4.78, 5) is 10.8. The number of ether oxygens (including phenoxy) is 1. The number of amides is 1. The quantitative estimate of drug-likeness (QED) is 0.514. The van der Waals surface area contributed by atoms with Crippen LogP contribution >= 0.6 is 0 Å². The third-order valence-electron chi connectivity index (χ3n) is 1.59. The molecule has 0 spiro atoms. The van der Waals surface area contributed by atoms with Gasteiger partial charge in [-0.1, -0.05) is 0 Å². The number of nitrogens with two attached hydrogens (primary N) is 1. The Balaban J connectivity index is 2.34. The summed E-state index contributed by atoms with van der Waals surface area (Å²) in [7, 11) is 1.61. The lowest BCUT2D eigenvalue weighted by Crippen LogP contribution is -2.32. The van der Waals surface area contributed by atoms with Crippen molar-refractivity contribution in [3.8, 4) is 0 Å². The van der Waals surface area contributed by atoms with E-state index in [-0.39, 0.29) is 18.0 Å². The fourth-order valence-electron chi connectivity index (χ4n) is 1.09. The van der Waals surface area contributed by atoms with Crippen molar-refractivity contribution in [3.63, 3.8) is 0 Å². The van der Waals surface area contributed by atoms with E-state index in [2.05, 4.69) is 5.32 Å². The van der Waals surface area contributed by atoms with Crippen molar-refractivity contribution in [2.45, 2.75) is 18.5 Å². The molecule has 1 amide bonds. The lowest BCUT2D eigenvalue weighted by Gasteiger charge is -2.05. The molecule has 1 aliphatic heterocycles. The van der Waals surface area contributed by atoms with Gasteiger partial charge in [-0.3, -0.25) is 4.79 Å². The summed E-state index contributed by atoms with van der Waals surface area (Å²) in [5.74, 6) is -0.0675. The van der Waals surface area contributed by atoms with E-state index in [0.29, 0.717) is 13.0 Å². The van der Waals surface area contributed by atoms with Gasteiger partial charge in [0.15, 0.2) is 0 Å². The molecule has 1 heterocycles. The van der Waals surface area contributed by atoms with E-state index in [4.69, 9.17) is 10.5 Å². The van der Waals surface area contributed by atoms with E-state index in [1.807, 2.05) is 0 Å². The highest BCUT2D eigenvalue weighted by Crippen LogP contribution is 2.05. The maximum atomic E-state index is 10.8. The Kier molecular flexibility index (Phi) is 2.24. The van der Waals surface area contributed by atoms with Gasteiger partial charge in [-0.05, 0) is 6.42 Å². The summed E-state index contributed by atoms with van der Waals surface area (Å²) in [6, 6.07) is -0.215. The molecule has 4 nitrogen and oxygen atoms in total. The first kappa shape index (κ1) is 7.50. The molecular formula is C6H12N2O2. The third-order valence-corrected chi connectivity index (χ3v) is 1.59. The molecular weight excluding hydrogens is 132 g/mol. The maximum Gasteiger partial charge on any atom is 0.237 e. The second-order valence-corrected chi connectivity index (χ2v) is 2.50. The lowest BCUT2D eigenvalue weighted by atomic mass is 10.2. The van der Waals surface area contributed by atoms with Crippen LogP contribution in [0, 0.1) is 0 Å². The molecule has 4 heteroatoms. The number of carbonyl (C=O) groups excluding carboxylic acids is 1. The third kappa shape index (κ3) is 1.46. The maximum absolute atomic E-state index is 10.8. The lowest BCUT2D eigenvalue weighted by molar-refractivity contribution is -0.120. The van der Waals surface area contributed by atoms with Gasteiger partial charge in [0, 0.05) is 7.11 Å². The molecule has 1 fully saturated rings. The van der Waals surface area contributed by atoms with E-state index >= 15 is 0 Å². The van der Waals surface area contributed by atoms with Gasteiger partial charge in [-0.15, -0.1) is 0 Å². The predicted octanol–water partition coefficient (Wildman–Crippen LogP) is -1.15. The molecule has 2 atom stereocenters. The highest BCUT2D eigenvalue weighted by Gasteiger charge is 2.28. The molecule has 0 aromatic rings. The minimum atomic E-state index is -0.333. The molecule has 58 valence electrons. The molecule has 0 unspecified atom stereocenters. The summed E-state index contributed by atoms with van der Waals surface area (Å²) in [6.45, 7) is 0.555. The summed E-state index contributed by atoms with van der Waals surface area (Å²) in [6.07, 6.45) is 0.687. The van der Waals surface area contributed by atoms with Gasteiger partial charge in [0.25, 0.3) is 0 Å². The Morgan fingerprint density at radius 1 is 1.90 bits per heavy atom. The molecule has 1 aliphatic rings. The summed E-state index contributed by atoms with van der Waals surface area (Å²) in [5.41, 5.74) is 5.43. The van der Waals surface area contributed by atoms with Crippen molar-refractivity contribution in [1.29, 1.82) is 0 Å². The van der Waals surface area contributed by atoms with Crippen LogP contribution in [0.4, 0.5) is 0 Å². The van der Waals surface area contributed by atoms with E-state index < -0.39 is 0 Å². The predicted molar refractivity (Wildman–Crippen MR) is 36.4 cm³/mol. The van der Waals surface area contributed by atoms with Crippen LogP contribution in [0.5, 0.6) is 0 Å². The van der Waals surface area contributed by atoms with Crippen molar-refractivity contribution in [3.05, 3.63) is 0 Å². The topological polar surface area (TPSA) is 64.3 Å². The molecule has 1 rings (SSSR count). The van der Waals surface area contributed by atoms with Crippen LogP contribution in [-0.2, 0) is 9.53 Å². The standard InChI is InChI=1S/C6H12N2O2/c1-10-3-4-2-5(7)6(9)8-4/h4-5H,2-3,7H2,1H3,(H,8,9)/t4-,5-/m0/s1. The number of rotatable bonds is 2. The number of hydrogen-bond donors (Lipinski definition) is 2. The molecule has 1 saturated heterocycles. The second kappa shape index (κ2) is 2.98. The highest BCUT2D eigenvalue weighted by atomic mass is 16.5. The van der Waals surface area contributed by atoms with Gasteiger partial charge in [-0.25, -0.2) is 0 Å². The van der Waals surface area contributed by atoms with Crippen molar-refractivity contribution >= 4 is 5.91 Å². The fraction of sp³-hybridized carbons (Fsp3) is 0.833. The molecule has 0 radical (unpaired) electrons. The van der Waals surface area contributed by atoms with Gasteiger partial charge in [0.1, 0.15) is 0 Å². The summed E-state index contributed by atoms with van der Waals surface area (Å²) < 4.78 is 4.85. The molecule has 3 N–H and O–H groups in total. The highest BCUT2D eigenvalue weighted by molar-refractivity contribution is 5.84. The van der Waals surface area contributed by atoms with Crippen LogP contribution < -0.4 is 11.1 Å². The first-order chi connectivity index (χ1) is 4.74. The van der Waals surface area contributed by atoms with Crippen LogP contribution in [0.25, 0.3) is 0 Å². The normalized spacial score (nSPS) is 32.4. The average molecular weight is 144 g/mol. The van der Waals surface area contributed by atoms with E-state index in [1.165, 1.54) is 0 Å². The van der Waals surface area contributed by atoms with Crippen molar-refractivity contribution < 1.29 is 9.53 Å². The van der Waals surface area contributed by atoms with Crippen molar-refractivity contribution in [1.82, 2.24) is 5.32 Å². The van der Waals surface area contributed by atoms with Gasteiger partial charge in [0.2, 0.25) is 5.91 Å². The molecule has 0 saturated carbocycles.